The summed E-state index contributed by atoms with van der Waals surface area (Å²) in [7, 11) is 2.16. The van der Waals surface area contributed by atoms with Crippen LogP contribution in [-0.2, 0) is 0 Å². The Labute approximate surface area is 113 Å². The second-order valence-corrected chi connectivity index (χ2v) is 5.61. The van der Waals surface area contributed by atoms with Crippen LogP contribution in [-0.4, -0.2) is 53.0 Å². The number of carbonyl (C=O) groups excluding carboxylic acids is 1. The number of nitrogens with zero attached hydrogens (tertiary/aromatic N) is 2. The summed E-state index contributed by atoms with van der Waals surface area (Å²) in [6.07, 6.45) is 3.46. The van der Waals surface area contributed by atoms with E-state index in [1.165, 1.54) is 12.8 Å². The minimum atomic E-state index is -0.0425. The van der Waals surface area contributed by atoms with Gasteiger partial charge < -0.3 is 10.0 Å². The van der Waals surface area contributed by atoms with Gasteiger partial charge in [0.1, 0.15) is 5.75 Å². The second kappa shape index (κ2) is 4.85. The lowest BCUT2D eigenvalue weighted by Gasteiger charge is -2.26. The van der Waals surface area contributed by atoms with Gasteiger partial charge in [-0.2, -0.15) is 0 Å². The van der Waals surface area contributed by atoms with Crippen molar-refractivity contribution in [2.24, 2.45) is 0 Å². The third kappa shape index (κ3) is 2.21. The Bertz CT molecular complexity index is 489. The number of hydrogen-bond donors (Lipinski definition) is 1. The molecular weight excluding hydrogens is 240 g/mol. The van der Waals surface area contributed by atoms with Crippen LogP contribution >= 0.6 is 0 Å². The van der Waals surface area contributed by atoms with E-state index >= 15 is 0 Å². The van der Waals surface area contributed by atoms with E-state index in [1.54, 1.807) is 24.3 Å². The summed E-state index contributed by atoms with van der Waals surface area (Å²) in [5.74, 6) is 0.0364. The zero-order valence-corrected chi connectivity index (χ0v) is 11.2. The van der Waals surface area contributed by atoms with Crippen molar-refractivity contribution in [3.05, 3.63) is 29.8 Å². The number of fused-ring (bicyclic) bond motifs is 2. The summed E-state index contributed by atoms with van der Waals surface area (Å²) in [6, 6.07) is 7.90. The fourth-order valence-corrected chi connectivity index (χ4v) is 3.32. The fourth-order valence-electron chi connectivity index (χ4n) is 3.32. The van der Waals surface area contributed by atoms with Crippen molar-refractivity contribution in [3.63, 3.8) is 0 Å². The van der Waals surface area contributed by atoms with E-state index in [-0.39, 0.29) is 11.7 Å². The molecule has 0 radical (unpaired) electrons. The Morgan fingerprint density at radius 1 is 1.21 bits per heavy atom. The molecule has 3 rings (SSSR count). The standard InChI is InChI=1S/C15H20N2O2/c1-16-11-6-7-12(16)10-17(9-8-11)15(19)13-4-2-3-5-14(13)18/h2-5,11-12,18H,6-10H2,1H3. The molecular formula is C15H20N2O2. The van der Waals surface area contributed by atoms with Gasteiger partial charge in [-0.25, -0.2) is 0 Å². The Morgan fingerprint density at radius 2 is 1.95 bits per heavy atom. The predicted octanol–water partition coefficient (Wildman–Crippen LogP) is 1.70. The number of benzene rings is 1. The van der Waals surface area contributed by atoms with Gasteiger partial charge in [0.05, 0.1) is 5.56 Å². The number of phenols is 1. The highest BCUT2D eigenvalue weighted by Crippen LogP contribution is 2.29. The van der Waals surface area contributed by atoms with Gasteiger partial charge in [-0.3, -0.25) is 9.69 Å². The van der Waals surface area contributed by atoms with Gasteiger partial charge in [0.25, 0.3) is 5.91 Å². The molecule has 2 saturated heterocycles. The van der Waals surface area contributed by atoms with Crippen molar-refractivity contribution >= 4 is 5.91 Å². The average molecular weight is 260 g/mol. The fraction of sp³-hybridized carbons (Fsp3) is 0.533. The van der Waals surface area contributed by atoms with Crippen molar-refractivity contribution in [1.29, 1.82) is 0 Å². The molecule has 1 aromatic rings. The molecule has 2 heterocycles. The molecule has 2 fully saturated rings. The van der Waals surface area contributed by atoms with E-state index in [0.717, 1.165) is 19.5 Å². The highest BCUT2D eigenvalue weighted by Gasteiger charge is 2.36. The molecule has 0 aromatic heterocycles. The van der Waals surface area contributed by atoms with Crippen LogP contribution in [0.3, 0.4) is 0 Å². The molecule has 102 valence electrons. The minimum Gasteiger partial charge on any atom is -0.507 e. The van der Waals surface area contributed by atoms with Crippen molar-refractivity contribution in [3.8, 4) is 5.75 Å². The molecule has 1 aromatic carbocycles. The van der Waals surface area contributed by atoms with Gasteiger partial charge in [0.15, 0.2) is 0 Å². The molecule has 0 aliphatic carbocycles. The van der Waals surface area contributed by atoms with Gasteiger partial charge in [-0.1, -0.05) is 12.1 Å². The summed E-state index contributed by atoms with van der Waals surface area (Å²) in [6.45, 7) is 1.57. The number of amides is 1. The van der Waals surface area contributed by atoms with Gasteiger partial charge in [-0.15, -0.1) is 0 Å². The first-order valence-electron chi connectivity index (χ1n) is 6.96. The molecule has 2 bridgehead atoms. The summed E-state index contributed by atoms with van der Waals surface area (Å²) in [5, 5.41) is 9.81. The number of likely N-dealkylation sites (tertiary alicyclic amines) is 1. The van der Waals surface area contributed by atoms with Crippen molar-refractivity contribution in [1.82, 2.24) is 9.80 Å². The molecule has 2 unspecified atom stereocenters. The largest absolute Gasteiger partial charge is 0.507 e. The van der Waals surface area contributed by atoms with Crippen LogP contribution in [0.2, 0.25) is 0 Å². The van der Waals surface area contributed by atoms with E-state index in [4.69, 9.17) is 0 Å². The quantitative estimate of drug-likeness (QED) is 0.836. The summed E-state index contributed by atoms with van der Waals surface area (Å²) in [4.78, 5) is 16.8. The Kier molecular flexibility index (Phi) is 3.19. The zero-order valence-electron chi connectivity index (χ0n) is 11.2. The third-order valence-electron chi connectivity index (χ3n) is 4.57. The van der Waals surface area contributed by atoms with E-state index in [1.807, 2.05) is 4.90 Å². The van der Waals surface area contributed by atoms with Crippen LogP contribution in [0.15, 0.2) is 24.3 Å². The first-order valence-corrected chi connectivity index (χ1v) is 6.96. The van der Waals surface area contributed by atoms with Crippen LogP contribution < -0.4 is 0 Å². The van der Waals surface area contributed by atoms with Gasteiger partial charge in [-0.05, 0) is 38.4 Å². The molecule has 4 heteroatoms. The Morgan fingerprint density at radius 3 is 2.74 bits per heavy atom. The topological polar surface area (TPSA) is 43.8 Å². The summed E-state index contributed by atoms with van der Waals surface area (Å²) >= 11 is 0. The highest BCUT2D eigenvalue weighted by molar-refractivity contribution is 5.96. The maximum Gasteiger partial charge on any atom is 0.257 e. The first kappa shape index (κ1) is 12.5. The van der Waals surface area contributed by atoms with Gasteiger partial charge in [0.2, 0.25) is 0 Å². The number of phenolic OH excluding ortho intramolecular Hbond substituents is 1. The van der Waals surface area contributed by atoms with Crippen LogP contribution in [0, 0.1) is 0 Å². The second-order valence-electron chi connectivity index (χ2n) is 5.61. The predicted molar refractivity (Wildman–Crippen MR) is 73.2 cm³/mol. The smallest absolute Gasteiger partial charge is 0.257 e. The molecule has 1 amide bonds. The number of likely N-dealkylation sites (N-methyl/N-ethyl adjacent to an activating group) is 1. The van der Waals surface area contributed by atoms with E-state index in [0.29, 0.717) is 17.6 Å². The van der Waals surface area contributed by atoms with E-state index < -0.39 is 0 Å². The molecule has 1 N–H and O–H groups in total. The monoisotopic (exact) mass is 260 g/mol. The molecule has 0 spiro atoms. The molecule has 2 aliphatic rings. The average Bonchev–Trinajstić information content (AvgIpc) is 2.63. The van der Waals surface area contributed by atoms with Crippen molar-refractivity contribution in [2.45, 2.75) is 31.3 Å². The molecule has 0 saturated carbocycles. The van der Waals surface area contributed by atoms with Crippen LogP contribution in [0.25, 0.3) is 0 Å². The number of rotatable bonds is 1. The molecule has 2 aliphatic heterocycles. The lowest BCUT2D eigenvalue weighted by Crippen LogP contribution is -2.39. The maximum absolute atomic E-state index is 12.5. The van der Waals surface area contributed by atoms with E-state index in [2.05, 4.69) is 11.9 Å². The first-order chi connectivity index (χ1) is 9.16. The lowest BCUT2D eigenvalue weighted by molar-refractivity contribution is 0.0737. The summed E-state index contributed by atoms with van der Waals surface area (Å²) in [5.41, 5.74) is 0.419. The number of carbonyl (C=O) groups is 1. The number of aromatic hydroxyl groups is 1. The normalized spacial score (nSPS) is 27.3. The van der Waals surface area contributed by atoms with Gasteiger partial charge >= 0.3 is 0 Å². The van der Waals surface area contributed by atoms with Crippen LogP contribution in [0.4, 0.5) is 0 Å². The van der Waals surface area contributed by atoms with E-state index in [9.17, 15) is 9.90 Å². The van der Waals surface area contributed by atoms with Crippen molar-refractivity contribution < 1.29 is 9.90 Å². The zero-order chi connectivity index (χ0) is 13.4. The van der Waals surface area contributed by atoms with Gasteiger partial charge in [0, 0.05) is 25.2 Å². The Hall–Kier alpha value is -1.55. The number of hydrogen-bond acceptors (Lipinski definition) is 3. The number of para-hydroxylation sites is 1. The minimum absolute atomic E-state index is 0.0425. The Balaban J connectivity index is 1.80. The lowest BCUT2D eigenvalue weighted by atomic mass is 10.1. The molecule has 2 atom stereocenters. The molecule has 4 nitrogen and oxygen atoms in total. The third-order valence-corrected chi connectivity index (χ3v) is 4.57. The maximum atomic E-state index is 12.5. The summed E-state index contributed by atoms with van der Waals surface area (Å²) < 4.78 is 0. The SMILES string of the molecule is CN1C2CCC1CN(C(=O)c1ccccc1O)CC2. The van der Waals surface area contributed by atoms with Crippen molar-refractivity contribution in [2.75, 3.05) is 20.1 Å². The van der Waals surface area contributed by atoms with Crippen LogP contribution in [0.5, 0.6) is 5.75 Å². The molecule has 19 heavy (non-hydrogen) atoms. The highest BCUT2D eigenvalue weighted by atomic mass is 16.3. The van der Waals surface area contributed by atoms with Crippen LogP contribution in [0.1, 0.15) is 29.6 Å².